The lowest BCUT2D eigenvalue weighted by atomic mass is 9.98. The van der Waals surface area contributed by atoms with Crippen LogP contribution in [0.3, 0.4) is 0 Å². The van der Waals surface area contributed by atoms with E-state index in [2.05, 4.69) is 19.8 Å². The molecule has 1 atom stereocenters. The lowest BCUT2D eigenvalue weighted by molar-refractivity contribution is -0.135. The highest BCUT2D eigenvalue weighted by molar-refractivity contribution is 5.77. The molecule has 2 fully saturated rings. The zero-order valence-electron chi connectivity index (χ0n) is 17.7. The van der Waals surface area contributed by atoms with Crippen LogP contribution in [0.1, 0.15) is 62.5 Å². The Balaban J connectivity index is 1.51. The van der Waals surface area contributed by atoms with Gasteiger partial charge in [-0.15, -0.1) is 0 Å². The average molecular weight is 397 g/mol. The minimum atomic E-state index is 0.0401. The van der Waals surface area contributed by atoms with E-state index in [1.165, 1.54) is 19.3 Å². The number of imidazole rings is 1. The van der Waals surface area contributed by atoms with Crippen molar-refractivity contribution in [1.82, 2.24) is 29.3 Å². The highest BCUT2D eigenvalue weighted by atomic mass is 16.2. The van der Waals surface area contributed by atoms with E-state index in [1.807, 2.05) is 30.8 Å². The second kappa shape index (κ2) is 9.03. The number of rotatable bonds is 5. The fourth-order valence-corrected chi connectivity index (χ4v) is 4.61. The molecular weight excluding hydrogens is 364 g/mol. The lowest BCUT2D eigenvalue weighted by Crippen LogP contribution is -2.41. The van der Waals surface area contributed by atoms with Gasteiger partial charge in [-0.05, 0) is 58.2 Å². The van der Waals surface area contributed by atoms with E-state index >= 15 is 0 Å². The Morgan fingerprint density at radius 3 is 2.66 bits per heavy atom. The highest BCUT2D eigenvalue weighted by Crippen LogP contribution is 2.32. The van der Waals surface area contributed by atoms with E-state index in [1.54, 1.807) is 6.20 Å². The van der Waals surface area contributed by atoms with E-state index in [0.717, 1.165) is 68.5 Å². The smallest absolute Gasteiger partial charge is 0.224 e. The third-order valence-electron chi connectivity index (χ3n) is 6.16. The number of aromatic nitrogens is 4. The zero-order chi connectivity index (χ0) is 20.2. The summed E-state index contributed by atoms with van der Waals surface area (Å²) in [5.41, 5.74) is 1.77. The van der Waals surface area contributed by atoms with Gasteiger partial charge in [0.1, 0.15) is 11.5 Å². The van der Waals surface area contributed by atoms with Crippen molar-refractivity contribution in [3.8, 4) is 11.5 Å². The Morgan fingerprint density at radius 2 is 1.90 bits per heavy atom. The number of piperidine rings is 2. The molecule has 2 aromatic heterocycles. The first kappa shape index (κ1) is 20.0. The molecule has 0 aliphatic carbocycles. The second-order valence-corrected chi connectivity index (χ2v) is 8.34. The average Bonchev–Trinajstić information content (AvgIpc) is 3.18. The van der Waals surface area contributed by atoms with Gasteiger partial charge in [0.2, 0.25) is 5.91 Å². The predicted octanol–water partition coefficient (Wildman–Crippen LogP) is 3.12. The zero-order valence-corrected chi connectivity index (χ0v) is 17.7. The lowest BCUT2D eigenvalue weighted by Gasteiger charge is -2.36. The molecule has 2 aromatic rings. The SMILES string of the molecule is Cc1nc(-c2nccn2C)cc(C2CCCCN2C(=O)CCN2CCCCC2)n1. The van der Waals surface area contributed by atoms with E-state index in [9.17, 15) is 4.79 Å². The minimum Gasteiger partial charge on any atom is -0.334 e. The molecule has 2 saturated heterocycles. The largest absolute Gasteiger partial charge is 0.334 e. The molecule has 0 saturated carbocycles. The molecule has 7 heteroatoms. The summed E-state index contributed by atoms with van der Waals surface area (Å²) in [7, 11) is 1.97. The second-order valence-electron chi connectivity index (χ2n) is 8.34. The fourth-order valence-electron chi connectivity index (χ4n) is 4.61. The predicted molar refractivity (Wildman–Crippen MR) is 112 cm³/mol. The fraction of sp³-hybridized carbons (Fsp3) is 0.636. The van der Waals surface area contributed by atoms with Crippen molar-refractivity contribution in [3.05, 3.63) is 30.0 Å². The Morgan fingerprint density at radius 1 is 1.10 bits per heavy atom. The molecule has 0 spiro atoms. The van der Waals surface area contributed by atoms with E-state index in [4.69, 9.17) is 4.98 Å². The quantitative estimate of drug-likeness (QED) is 0.777. The molecule has 0 radical (unpaired) electrons. The third kappa shape index (κ3) is 4.66. The summed E-state index contributed by atoms with van der Waals surface area (Å²) in [6.45, 7) is 5.89. The van der Waals surface area contributed by atoms with E-state index in [0.29, 0.717) is 6.42 Å². The normalized spacial score (nSPS) is 20.8. The van der Waals surface area contributed by atoms with Crippen LogP contribution in [0.4, 0.5) is 0 Å². The van der Waals surface area contributed by atoms with Gasteiger partial charge in [-0.3, -0.25) is 4.79 Å². The summed E-state index contributed by atoms with van der Waals surface area (Å²) in [5.74, 6) is 1.82. The van der Waals surface area contributed by atoms with Crippen molar-refractivity contribution in [2.45, 2.75) is 57.9 Å². The van der Waals surface area contributed by atoms with E-state index < -0.39 is 0 Å². The van der Waals surface area contributed by atoms with Gasteiger partial charge in [0.05, 0.1) is 11.7 Å². The van der Waals surface area contributed by atoms with Crippen molar-refractivity contribution in [2.24, 2.45) is 7.05 Å². The maximum atomic E-state index is 13.1. The van der Waals surface area contributed by atoms with Gasteiger partial charge in [-0.2, -0.15) is 0 Å². The molecule has 7 nitrogen and oxygen atoms in total. The topological polar surface area (TPSA) is 67.2 Å². The summed E-state index contributed by atoms with van der Waals surface area (Å²) in [5, 5.41) is 0. The first-order valence-electron chi connectivity index (χ1n) is 11.0. The van der Waals surface area contributed by atoms with Gasteiger partial charge in [0, 0.05) is 39.0 Å². The van der Waals surface area contributed by atoms with Crippen LogP contribution >= 0.6 is 0 Å². The van der Waals surface area contributed by atoms with Crippen molar-refractivity contribution >= 4 is 5.91 Å². The molecule has 156 valence electrons. The number of hydrogen-bond donors (Lipinski definition) is 0. The number of hydrogen-bond acceptors (Lipinski definition) is 5. The molecule has 29 heavy (non-hydrogen) atoms. The van der Waals surface area contributed by atoms with Crippen molar-refractivity contribution in [1.29, 1.82) is 0 Å². The van der Waals surface area contributed by atoms with Crippen LogP contribution in [0.15, 0.2) is 18.5 Å². The van der Waals surface area contributed by atoms with Crippen LogP contribution in [0.2, 0.25) is 0 Å². The first-order chi connectivity index (χ1) is 14.1. The molecule has 0 N–H and O–H groups in total. The van der Waals surface area contributed by atoms with Gasteiger partial charge in [0.25, 0.3) is 0 Å². The van der Waals surface area contributed by atoms with Crippen LogP contribution in [-0.4, -0.2) is 61.4 Å². The number of carbonyl (C=O) groups excluding carboxylic acids is 1. The molecule has 2 aliphatic rings. The number of aryl methyl sites for hydroxylation is 2. The molecule has 0 aromatic carbocycles. The van der Waals surface area contributed by atoms with Crippen molar-refractivity contribution in [2.75, 3.05) is 26.2 Å². The summed E-state index contributed by atoms with van der Waals surface area (Å²) in [4.78, 5) is 31.4. The van der Waals surface area contributed by atoms with E-state index in [-0.39, 0.29) is 11.9 Å². The van der Waals surface area contributed by atoms with Gasteiger partial charge in [-0.25, -0.2) is 15.0 Å². The Kier molecular flexibility index (Phi) is 6.23. The summed E-state index contributed by atoms with van der Waals surface area (Å²) < 4.78 is 1.97. The Hall–Kier alpha value is -2.28. The Bertz CT molecular complexity index is 842. The summed E-state index contributed by atoms with van der Waals surface area (Å²) >= 11 is 0. The maximum absolute atomic E-state index is 13.1. The molecular formula is C22H32N6O. The number of amides is 1. The number of likely N-dealkylation sites (tertiary alicyclic amines) is 2. The van der Waals surface area contributed by atoms with Gasteiger partial charge in [0.15, 0.2) is 5.82 Å². The van der Waals surface area contributed by atoms with Crippen LogP contribution < -0.4 is 0 Å². The summed E-state index contributed by atoms with van der Waals surface area (Å²) in [6.07, 6.45) is 11.3. The minimum absolute atomic E-state index is 0.0401. The van der Waals surface area contributed by atoms with Crippen molar-refractivity contribution < 1.29 is 4.79 Å². The van der Waals surface area contributed by atoms with Gasteiger partial charge >= 0.3 is 0 Å². The molecule has 4 heterocycles. The maximum Gasteiger partial charge on any atom is 0.224 e. The Labute approximate surface area is 173 Å². The molecule has 0 bridgehead atoms. The van der Waals surface area contributed by atoms with Crippen LogP contribution in [-0.2, 0) is 11.8 Å². The first-order valence-corrected chi connectivity index (χ1v) is 11.0. The highest BCUT2D eigenvalue weighted by Gasteiger charge is 2.30. The van der Waals surface area contributed by atoms with Crippen molar-refractivity contribution in [3.63, 3.8) is 0 Å². The number of carbonyl (C=O) groups is 1. The molecule has 1 amide bonds. The summed E-state index contributed by atoms with van der Waals surface area (Å²) in [6, 6.07) is 2.06. The molecule has 1 unspecified atom stereocenters. The standard InChI is InChI=1S/C22H32N6O/c1-17-24-18(16-19(25-17)22-23-10-15-26(22)2)20-8-4-7-13-28(20)21(29)9-14-27-11-5-3-6-12-27/h10,15-16,20H,3-9,11-14H2,1-2H3. The van der Waals surface area contributed by atoms with Crippen LogP contribution in [0.25, 0.3) is 11.5 Å². The third-order valence-corrected chi connectivity index (χ3v) is 6.16. The van der Waals surface area contributed by atoms with Gasteiger partial charge in [-0.1, -0.05) is 6.42 Å². The van der Waals surface area contributed by atoms with Crippen LogP contribution in [0.5, 0.6) is 0 Å². The molecule has 2 aliphatic heterocycles. The van der Waals surface area contributed by atoms with Gasteiger partial charge < -0.3 is 14.4 Å². The molecule has 4 rings (SSSR count). The monoisotopic (exact) mass is 396 g/mol. The van der Waals surface area contributed by atoms with Crippen LogP contribution in [0, 0.1) is 6.92 Å². The number of nitrogens with zero attached hydrogens (tertiary/aromatic N) is 6.